The third-order valence-electron chi connectivity index (χ3n) is 5.45. The molecule has 1 aliphatic carbocycles. The highest BCUT2D eigenvalue weighted by atomic mass is 16.2. The van der Waals surface area contributed by atoms with Crippen LogP contribution < -0.4 is 5.32 Å². The lowest BCUT2D eigenvalue weighted by atomic mass is 9.85. The number of likely N-dealkylation sites (tertiary alicyclic amines) is 1. The number of nitrogens with zero attached hydrogens (tertiary/aromatic N) is 1. The molecule has 2 aromatic rings. The Kier molecular flexibility index (Phi) is 4.75. The molecule has 2 aromatic carbocycles. The van der Waals surface area contributed by atoms with Gasteiger partial charge in [0.05, 0.1) is 11.8 Å². The van der Waals surface area contributed by atoms with Gasteiger partial charge in [-0.15, -0.1) is 0 Å². The number of allylic oxidation sites excluding steroid dienone is 2. The number of rotatable bonds is 5. The quantitative estimate of drug-likeness (QED) is 0.654. The second-order valence-electron chi connectivity index (χ2n) is 7.16. The van der Waals surface area contributed by atoms with E-state index in [1.165, 1.54) is 4.90 Å². The molecule has 5 nitrogen and oxygen atoms in total. The zero-order valence-electron chi connectivity index (χ0n) is 15.1. The number of nitrogens with one attached hydrogen (secondary N) is 1. The van der Waals surface area contributed by atoms with Gasteiger partial charge in [-0.2, -0.15) is 0 Å². The molecule has 4 rings (SSSR count). The van der Waals surface area contributed by atoms with Crippen LogP contribution >= 0.6 is 0 Å². The average Bonchev–Trinajstić information content (AvgIpc) is 2.93. The Bertz CT molecular complexity index is 903. The summed E-state index contributed by atoms with van der Waals surface area (Å²) in [5.41, 5.74) is 0.781. The van der Waals surface area contributed by atoms with E-state index in [1.54, 1.807) is 0 Å². The molecule has 27 heavy (non-hydrogen) atoms. The van der Waals surface area contributed by atoms with Crippen molar-refractivity contribution in [2.24, 2.45) is 11.8 Å². The summed E-state index contributed by atoms with van der Waals surface area (Å²) in [7, 11) is 0. The fourth-order valence-corrected chi connectivity index (χ4v) is 4.03. The van der Waals surface area contributed by atoms with Gasteiger partial charge in [-0.05, 0) is 30.7 Å². The molecule has 0 radical (unpaired) electrons. The van der Waals surface area contributed by atoms with Crippen LogP contribution in [0.25, 0.3) is 10.8 Å². The number of benzene rings is 2. The fourth-order valence-electron chi connectivity index (χ4n) is 4.03. The number of fused-ring (bicyclic) bond motifs is 2. The highest BCUT2D eigenvalue weighted by Gasteiger charge is 2.46. The van der Waals surface area contributed by atoms with Gasteiger partial charge < -0.3 is 5.32 Å². The minimum Gasteiger partial charge on any atom is -0.326 e. The number of hydrogen-bond acceptors (Lipinski definition) is 3. The lowest BCUT2D eigenvalue weighted by molar-refractivity contribution is -0.140. The van der Waals surface area contributed by atoms with E-state index in [0.717, 1.165) is 16.5 Å². The van der Waals surface area contributed by atoms with E-state index in [4.69, 9.17) is 0 Å². The number of anilines is 1. The number of imide groups is 1. The van der Waals surface area contributed by atoms with Crippen LogP contribution in [0.4, 0.5) is 5.69 Å². The fraction of sp³-hybridized carbons (Fsp3) is 0.318. The Balaban J connectivity index is 1.33. The van der Waals surface area contributed by atoms with Crippen molar-refractivity contribution in [3.63, 3.8) is 0 Å². The molecule has 2 atom stereocenters. The standard InChI is InChI=1S/C22H22N2O3/c25-20(23-19-12-5-8-15-7-1-2-9-16(15)19)13-6-14-24-21(26)17-10-3-4-11-18(17)22(24)27/h1-5,7-9,12,17-18H,6,10-11,13-14H2,(H,23,25)/t17-,18-/m1/s1. The van der Waals surface area contributed by atoms with Crippen LogP contribution in [0.3, 0.4) is 0 Å². The van der Waals surface area contributed by atoms with Gasteiger partial charge >= 0.3 is 0 Å². The SMILES string of the molecule is O=C(CCCN1C(=O)[C@@H]2CC=CC[C@H]2C1=O)Nc1cccc2ccccc12. The zero-order valence-corrected chi connectivity index (χ0v) is 15.1. The van der Waals surface area contributed by atoms with Crippen molar-refractivity contribution in [3.8, 4) is 0 Å². The summed E-state index contributed by atoms with van der Waals surface area (Å²) in [4.78, 5) is 38.6. The first kappa shape index (κ1) is 17.5. The van der Waals surface area contributed by atoms with Crippen LogP contribution in [0.2, 0.25) is 0 Å². The van der Waals surface area contributed by atoms with Gasteiger partial charge in [-0.1, -0.05) is 48.6 Å². The third-order valence-corrected chi connectivity index (χ3v) is 5.45. The Morgan fingerprint density at radius 1 is 0.963 bits per heavy atom. The van der Waals surface area contributed by atoms with Gasteiger partial charge in [0.1, 0.15) is 0 Å². The predicted molar refractivity (Wildman–Crippen MR) is 104 cm³/mol. The number of carbonyl (C=O) groups excluding carboxylic acids is 3. The summed E-state index contributed by atoms with van der Waals surface area (Å²) in [6.07, 6.45) is 6.00. The molecule has 0 aromatic heterocycles. The zero-order chi connectivity index (χ0) is 18.8. The van der Waals surface area contributed by atoms with Crippen molar-refractivity contribution in [2.45, 2.75) is 25.7 Å². The molecule has 5 heteroatoms. The molecule has 0 unspecified atom stereocenters. The van der Waals surface area contributed by atoms with E-state index in [1.807, 2.05) is 54.6 Å². The molecule has 1 heterocycles. The van der Waals surface area contributed by atoms with Crippen LogP contribution in [0.15, 0.2) is 54.6 Å². The van der Waals surface area contributed by atoms with Crippen molar-refractivity contribution < 1.29 is 14.4 Å². The van der Waals surface area contributed by atoms with E-state index in [2.05, 4.69) is 5.32 Å². The molecule has 1 aliphatic heterocycles. The summed E-state index contributed by atoms with van der Waals surface area (Å²) >= 11 is 0. The molecule has 1 N–H and O–H groups in total. The molecule has 0 bridgehead atoms. The Morgan fingerprint density at radius 2 is 1.63 bits per heavy atom. The molecule has 0 saturated carbocycles. The van der Waals surface area contributed by atoms with Crippen LogP contribution in [0, 0.1) is 11.8 Å². The molecule has 0 spiro atoms. The lowest BCUT2D eigenvalue weighted by Crippen LogP contribution is -2.32. The first-order valence-corrected chi connectivity index (χ1v) is 9.43. The highest BCUT2D eigenvalue weighted by molar-refractivity contribution is 6.05. The van der Waals surface area contributed by atoms with E-state index in [0.29, 0.717) is 25.8 Å². The molecule has 1 fully saturated rings. The summed E-state index contributed by atoms with van der Waals surface area (Å²) in [5.74, 6) is -0.670. The van der Waals surface area contributed by atoms with Gasteiger partial charge in [-0.3, -0.25) is 19.3 Å². The lowest BCUT2D eigenvalue weighted by Gasteiger charge is -2.14. The molecule has 3 amide bonds. The number of carbonyl (C=O) groups is 3. The van der Waals surface area contributed by atoms with E-state index < -0.39 is 0 Å². The predicted octanol–water partition coefficient (Wildman–Crippen LogP) is 3.51. The van der Waals surface area contributed by atoms with Gasteiger partial charge in [0.2, 0.25) is 17.7 Å². The van der Waals surface area contributed by atoms with Gasteiger partial charge in [0.25, 0.3) is 0 Å². The molecular weight excluding hydrogens is 340 g/mol. The van der Waals surface area contributed by atoms with Crippen molar-refractivity contribution in [1.29, 1.82) is 0 Å². The largest absolute Gasteiger partial charge is 0.326 e. The maximum absolute atomic E-state index is 12.4. The Morgan fingerprint density at radius 3 is 2.37 bits per heavy atom. The Hall–Kier alpha value is -2.95. The minimum absolute atomic E-state index is 0.0798. The van der Waals surface area contributed by atoms with Crippen LogP contribution in [0.5, 0.6) is 0 Å². The second-order valence-corrected chi connectivity index (χ2v) is 7.16. The highest BCUT2D eigenvalue weighted by Crippen LogP contribution is 2.35. The van der Waals surface area contributed by atoms with Crippen molar-refractivity contribution in [1.82, 2.24) is 4.90 Å². The summed E-state index contributed by atoms with van der Waals surface area (Å²) in [5, 5.41) is 5.01. The van der Waals surface area contributed by atoms with Crippen molar-refractivity contribution >= 4 is 34.2 Å². The van der Waals surface area contributed by atoms with Crippen molar-refractivity contribution in [3.05, 3.63) is 54.6 Å². The number of hydrogen-bond donors (Lipinski definition) is 1. The minimum atomic E-state index is -0.202. The second kappa shape index (κ2) is 7.35. The Labute approximate surface area is 158 Å². The molecule has 138 valence electrons. The van der Waals surface area contributed by atoms with Crippen molar-refractivity contribution in [2.75, 3.05) is 11.9 Å². The van der Waals surface area contributed by atoms with Crippen LogP contribution in [0.1, 0.15) is 25.7 Å². The maximum Gasteiger partial charge on any atom is 0.233 e. The van der Waals surface area contributed by atoms with Gasteiger partial charge in [0, 0.05) is 24.0 Å². The van der Waals surface area contributed by atoms with Gasteiger partial charge in [-0.25, -0.2) is 0 Å². The van der Waals surface area contributed by atoms with Gasteiger partial charge in [0.15, 0.2) is 0 Å². The summed E-state index contributed by atoms with van der Waals surface area (Å²) in [6.45, 7) is 0.313. The first-order chi connectivity index (χ1) is 13.1. The molecule has 1 saturated heterocycles. The smallest absolute Gasteiger partial charge is 0.233 e. The van der Waals surface area contributed by atoms with Crippen LogP contribution in [-0.2, 0) is 14.4 Å². The molecular formula is C22H22N2O3. The van der Waals surface area contributed by atoms with E-state index in [-0.39, 0.29) is 36.0 Å². The van der Waals surface area contributed by atoms with E-state index >= 15 is 0 Å². The number of amides is 3. The average molecular weight is 362 g/mol. The van der Waals surface area contributed by atoms with Crippen LogP contribution in [-0.4, -0.2) is 29.2 Å². The molecule has 2 aliphatic rings. The summed E-state index contributed by atoms with van der Waals surface area (Å²) in [6, 6.07) is 13.7. The first-order valence-electron chi connectivity index (χ1n) is 9.43. The topological polar surface area (TPSA) is 66.5 Å². The maximum atomic E-state index is 12.4. The summed E-state index contributed by atoms with van der Waals surface area (Å²) < 4.78 is 0. The normalized spacial score (nSPS) is 21.6. The monoisotopic (exact) mass is 362 g/mol. The third kappa shape index (κ3) is 3.37. The van der Waals surface area contributed by atoms with E-state index in [9.17, 15) is 14.4 Å².